The summed E-state index contributed by atoms with van der Waals surface area (Å²) in [5.74, 6) is 0.651. The Hall–Kier alpha value is -3.40. The molecular formula is C25H32N8O5S2. The molecule has 0 radical (unpaired) electrons. The number of benzene rings is 1. The van der Waals surface area contributed by atoms with Crippen molar-refractivity contribution < 1.29 is 23.1 Å². The average molecular weight is 589 g/mol. The monoisotopic (exact) mass is 588 g/mol. The topological polar surface area (TPSA) is 161 Å². The van der Waals surface area contributed by atoms with Crippen molar-refractivity contribution in [3.05, 3.63) is 35.8 Å². The minimum atomic E-state index is -3.78. The highest BCUT2D eigenvalue weighted by Crippen LogP contribution is 2.30. The van der Waals surface area contributed by atoms with Gasteiger partial charge in [-0.1, -0.05) is 17.4 Å². The lowest BCUT2D eigenvalue weighted by atomic mass is 10.1. The molecule has 2 aromatic heterocycles. The number of fused-ring (bicyclic) bond motifs is 1. The van der Waals surface area contributed by atoms with Gasteiger partial charge in [0.05, 0.1) is 16.8 Å². The predicted octanol–water partition coefficient (Wildman–Crippen LogP) is 2.53. The molecule has 4 heterocycles. The highest BCUT2D eigenvalue weighted by molar-refractivity contribution is 7.91. The van der Waals surface area contributed by atoms with Crippen molar-refractivity contribution in [3.8, 4) is 0 Å². The second-order valence-electron chi connectivity index (χ2n) is 10.00. The number of piperazine rings is 1. The van der Waals surface area contributed by atoms with Crippen LogP contribution in [0, 0.1) is 6.92 Å². The van der Waals surface area contributed by atoms with Crippen molar-refractivity contribution >= 4 is 55.2 Å². The summed E-state index contributed by atoms with van der Waals surface area (Å²) in [7, 11) is -3.78. The van der Waals surface area contributed by atoms with Crippen molar-refractivity contribution in [2.45, 2.75) is 36.9 Å². The van der Waals surface area contributed by atoms with Crippen LogP contribution in [0.3, 0.4) is 0 Å². The summed E-state index contributed by atoms with van der Waals surface area (Å²) < 4.78 is 27.9. The summed E-state index contributed by atoms with van der Waals surface area (Å²) in [5.41, 5.74) is 1.48. The van der Waals surface area contributed by atoms with Gasteiger partial charge in [-0.25, -0.2) is 28.2 Å². The van der Waals surface area contributed by atoms with Gasteiger partial charge in [-0.3, -0.25) is 15.0 Å². The van der Waals surface area contributed by atoms with E-state index in [9.17, 15) is 18.0 Å². The Labute approximate surface area is 236 Å². The number of hydrogen-bond donors (Lipinski definition) is 3. The number of aromatic nitrogens is 3. The van der Waals surface area contributed by atoms with E-state index >= 15 is 0 Å². The molecule has 2 aliphatic rings. The van der Waals surface area contributed by atoms with Gasteiger partial charge < -0.3 is 15.3 Å². The van der Waals surface area contributed by atoms with Gasteiger partial charge in [-0.05, 0) is 38.8 Å². The van der Waals surface area contributed by atoms with Crippen molar-refractivity contribution in [2.75, 3.05) is 56.4 Å². The molecule has 2 saturated heterocycles. The fourth-order valence-electron chi connectivity index (χ4n) is 5.17. The standard InChI is InChI=1S/C25H32N8O5S2/c1-16(28-21-18-6-5-7-19(20(18)26-15-27-21)22(34)32-8-3-4-9-32)14-31-10-12-33(13-11-31)40(37,38)23-17(2)29-24(39-23)30-25(35)36/h5-7,15-16H,3-4,8-14H2,1-2H3,(H,29,30)(H,35,36)(H,26,27,28)/t16-/m0/s1. The van der Waals surface area contributed by atoms with Crippen LogP contribution in [0.25, 0.3) is 10.9 Å². The molecule has 2 fully saturated rings. The van der Waals surface area contributed by atoms with E-state index in [0.29, 0.717) is 49.6 Å². The van der Waals surface area contributed by atoms with Crippen LogP contribution in [0.4, 0.5) is 15.7 Å². The quantitative estimate of drug-likeness (QED) is 0.357. The molecule has 0 aliphatic carbocycles. The van der Waals surface area contributed by atoms with Gasteiger partial charge in [0.15, 0.2) is 9.34 Å². The number of nitrogens with zero attached hydrogens (tertiary/aromatic N) is 6. The zero-order chi connectivity index (χ0) is 28.4. The minimum Gasteiger partial charge on any atom is -0.465 e. The third kappa shape index (κ3) is 5.87. The second-order valence-corrected chi connectivity index (χ2v) is 13.1. The van der Waals surface area contributed by atoms with Gasteiger partial charge in [0.1, 0.15) is 12.1 Å². The molecule has 2 amide bonds. The molecule has 15 heteroatoms. The summed E-state index contributed by atoms with van der Waals surface area (Å²) in [5, 5.41) is 15.3. The molecule has 0 unspecified atom stereocenters. The molecule has 0 bridgehead atoms. The lowest BCUT2D eigenvalue weighted by Crippen LogP contribution is -2.50. The van der Waals surface area contributed by atoms with Gasteiger partial charge in [-0.2, -0.15) is 4.31 Å². The summed E-state index contributed by atoms with van der Waals surface area (Å²) in [4.78, 5) is 40.9. The molecule has 0 saturated carbocycles. The number of carbonyl (C=O) groups is 2. The van der Waals surface area contributed by atoms with E-state index in [-0.39, 0.29) is 27.0 Å². The van der Waals surface area contributed by atoms with Crippen molar-refractivity contribution in [2.24, 2.45) is 0 Å². The van der Waals surface area contributed by atoms with E-state index in [4.69, 9.17) is 5.11 Å². The first-order valence-electron chi connectivity index (χ1n) is 13.1. The van der Waals surface area contributed by atoms with Crippen molar-refractivity contribution in [3.63, 3.8) is 0 Å². The highest BCUT2D eigenvalue weighted by Gasteiger charge is 2.32. The molecular weight excluding hydrogens is 556 g/mol. The van der Waals surface area contributed by atoms with Crippen molar-refractivity contribution in [1.82, 2.24) is 29.1 Å². The Kier molecular flexibility index (Phi) is 8.16. The lowest BCUT2D eigenvalue weighted by Gasteiger charge is -2.35. The molecule has 2 aliphatic heterocycles. The summed E-state index contributed by atoms with van der Waals surface area (Å²) in [6.07, 6.45) is 2.22. The fraction of sp³-hybridized carbons (Fsp3) is 0.480. The maximum absolute atomic E-state index is 13.2. The second kappa shape index (κ2) is 11.6. The Balaban J connectivity index is 1.21. The van der Waals surface area contributed by atoms with E-state index in [1.807, 2.05) is 30.0 Å². The summed E-state index contributed by atoms with van der Waals surface area (Å²) in [6, 6.07) is 5.57. The SMILES string of the molecule is Cc1nc(NC(=O)O)sc1S(=O)(=O)N1CCN(C[C@H](C)Nc2ncnc3c(C(=O)N4CCCC4)cccc23)CC1. The Morgan fingerprint density at radius 2 is 1.82 bits per heavy atom. The van der Waals surface area contributed by atoms with E-state index in [0.717, 1.165) is 42.7 Å². The Bertz CT molecular complexity index is 1510. The molecule has 13 nitrogen and oxygen atoms in total. The van der Waals surface area contributed by atoms with Gasteiger partial charge in [0.25, 0.3) is 15.9 Å². The van der Waals surface area contributed by atoms with Crippen LogP contribution in [0.5, 0.6) is 0 Å². The first-order valence-corrected chi connectivity index (χ1v) is 15.4. The number of likely N-dealkylation sites (tertiary alicyclic amines) is 1. The number of amides is 2. The van der Waals surface area contributed by atoms with Crippen molar-refractivity contribution in [1.29, 1.82) is 0 Å². The normalized spacial score (nSPS) is 17.7. The minimum absolute atomic E-state index is 0.00322. The molecule has 0 spiro atoms. The largest absolute Gasteiger partial charge is 0.465 e. The number of aryl methyl sites for hydroxylation is 1. The molecule has 5 rings (SSSR count). The van der Waals surface area contributed by atoms with Crippen LogP contribution in [0.15, 0.2) is 28.7 Å². The van der Waals surface area contributed by atoms with Gasteiger partial charge in [0, 0.05) is 57.2 Å². The lowest BCUT2D eigenvalue weighted by molar-refractivity contribution is 0.0794. The number of anilines is 2. The number of carbonyl (C=O) groups excluding carboxylic acids is 1. The number of thiazole rings is 1. The number of sulfonamides is 1. The van der Waals surface area contributed by atoms with Crippen LogP contribution in [0.1, 0.15) is 35.8 Å². The van der Waals surface area contributed by atoms with Gasteiger partial charge >= 0.3 is 6.09 Å². The number of rotatable bonds is 8. The van der Waals surface area contributed by atoms with E-state index in [1.54, 1.807) is 6.92 Å². The van der Waals surface area contributed by atoms with Crippen LogP contribution in [-0.2, 0) is 10.0 Å². The maximum Gasteiger partial charge on any atom is 0.410 e. The smallest absolute Gasteiger partial charge is 0.410 e. The molecule has 3 N–H and O–H groups in total. The average Bonchev–Trinajstić information content (AvgIpc) is 3.58. The summed E-state index contributed by atoms with van der Waals surface area (Å²) >= 11 is 0.820. The number of carboxylic acid groups (broad SMARTS) is 1. The van der Waals surface area contributed by atoms with Crippen LogP contribution < -0.4 is 10.6 Å². The van der Waals surface area contributed by atoms with E-state index in [2.05, 4.69) is 30.5 Å². The highest BCUT2D eigenvalue weighted by atomic mass is 32.2. The van der Waals surface area contributed by atoms with E-state index < -0.39 is 16.1 Å². The molecule has 3 aromatic rings. The fourth-order valence-corrected chi connectivity index (χ4v) is 8.13. The first kappa shape index (κ1) is 28.1. The van der Waals surface area contributed by atoms with Gasteiger partial charge in [0.2, 0.25) is 0 Å². The van der Waals surface area contributed by atoms with Crippen LogP contribution in [0.2, 0.25) is 0 Å². The zero-order valence-electron chi connectivity index (χ0n) is 22.3. The Morgan fingerprint density at radius 3 is 2.52 bits per heavy atom. The molecule has 214 valence electrons. The Morgan fingerprint density at radius 1 is 1.10 bits per heavy atom. The first-order chi connectivity index (χ1) is 19.1. The van der Waals surface area contributed by atoms with Crippen LogP contribution >= 0.6 is 11.3 Å². The molecule has 1 atom stereocenters. The predicted molar refractivity (Wildman–Crippen MR) is 151 cm³/mol. The van der Waals surface area contributed by atoms with Gasteiger partial charge in [-0.15, -0.1) is 0 Å². The summed E-state index contributed by atoms with van der Waals surface area (Å²) in [6.45, 7) is 7.51. The molecule has 40 heavy (non-hydrogen) atoms. The van der Waals surface area contributed by atoms with E-state index in [1.165, 1.54) is 10.6 Å². The molecule has 1 aromatic carbocycles. The number of nitrogens with one attached hydrogen (secondary N) is 2. The third-order valence-electron chi connectivity index (χ3n) is 7.08. The van der Waals surface area contributed by atoms with Crippen LogP contribution in [-0.4, -0.2) is 106 Å². The number of hydrogen-bond acceptors (Lipinski definition) is 10. The third-order valence-corrected chi connectivity index (χ3v) is 10.6. The number of para-hydroxylation sites is 1. The zero-order valence-corrected chi connectivity index (χ0v) is 24.0. The maximum atomic E-state index is 13.2.